The fraction of sp³-hybridized carbons (Fsp3) is 0.111. The molecule has 0 N–H and O–H groups in total. The van der Waals surface area contributed by atoms with Crippen molar-refractivity contribution < 1.29 is 4.79 Å². The molecule has 0 saturated carbocycles. The van der Waals surface area contributed by atoms with E-state index in [1.165, 1.54) is 0 Å². The molecular weight excluding hydrogens is 124 g/mol. The van der Waals surface area contributed by atoms with Gasteiger partial charge in [0.05, 0.1) is 0 Å². The van der Waals surface area contributed by atoms with Crippen LogP contribution in [0, 0.1) is 13.8 Å². The molecule has 1 aromatic rings. The van der Waals surface area contributed by atoms with Crippen LogP contribution in [0.15, 0.2) is 18.2 Å². The van der Waals surface area contributed by atoms with Gasteiger partial charge in [-0.2, -0.15) is 0 Å². The smallest absolute Gasteiger partial charge is 0.150 e. The molecule has 0 atom stereocenters. The minimum absolute atomic E-state index is 0.542. The zero-order chi connectivity index (χ0) is 7.56. The lowest BCUT2D eigenvalue weighted by atomic mass is 10.1. The first-order valence-corrected chi connectivity index (χ1v) is 3.05. The van der Waals surface area contributed by atoms with E-state index in [1.807, 2.05) is 13.0 Å². The zero-order valence-electron chi connectivity index (χ0n) is 5.79. The number of hydrogen-bond donors (Lipinski definition) is 0. The highest BCUT2D eigenvalue weighted by molar-refractivity contribution is 5.78. The van der Waals surface area contributed by atoms with Crippen LogP contribution in [0.25, 0.3) is 0 Å². The van der Waals surface area contributed by atoms with Gasteiger partial charge in [-0.05, 0) is 25.5 Å². The van der Waals surface area contributed by atoms with Crippen LogP contribution >= 0.6 is 0 Å². The predicted octanol–water partition coefficient (Wildman–Crippen LogP) is 1.87. The first-order valence-electron chi connectivity index (χ1n) is 3.05. The van der Waals surface area contributed by atoms with E-state index in [1.54, 1.807) is 12.1 Å². The molecule has 0 fully saturated rings. The van der Waals surface area contributed by atoms with Crippen molar-refractivity contribution in [3.8, 4) is 0 Å². The Kier molecular flexibility index (Phi) is 1.86. The van der Waals surface area contributed by atoms with E-state index >= 15 is 0 Å². The van der Waals surface area contributed by atoms with Crippen LogP contribution in [0.1, 0.15) is 21.5 Å². The van der Waals surface area contributed by atoms with Gasteiger partial charge in [-0.15, -0.1) is 0 Å². The lowest BCUT2D eigenvalue weighted by Gasteiger charge is -1.97. The van der Waals surface area contributed by atoms with Crippen LogP contribution in [0.3, 0.4) is 0 Å². The molecule has 0 amide bonds. The molecule has 0 saturated heterocycles. The molecule has 1 heteroatoms. The number of carbonyl (C=O) groups is 1. The minimum Gasteiger partial charge on any atom is -0.298 e. The molecule has 0 heterocycles. The molecule has 0 aromatic heterocycles. The molecule has 0 aliphatic heterocycles. The lowest BCUT2D eigenvalue weighted by molar-refractivity contribution is 0.112. The fourth-order valence-corrected chi connectivity index (χ4v) is 0.796. The van der Waals surface area contributed by atoms with E-state index in [9.17, 15) is 4.79 Å². The van der Waals surface area contributed by atoms with Gasteiger partial charge in [-0.3, -0.25) is 4.79 Å². The Morgan fingerprint density at radius 2 is 2.20 bits per heavy atom. The van der Waals surface area contributed by atoms with Crippen molar-refractivity contribution in [2.45, 2.75) is 6.92 Å². The largest absolute Gasteiger partial charge is 0.298 e. The maximum atomic E-state index is 10.3. The molecule has 50 valence electrons. The van der Waals surface area contributed by atoms with Gasteiger partial charge in [0.25, 0.3) is 0 Å². The number of benzene rings is 1. The molecule has 1 rings (SSSR count). The molecule has 0 spiro atoms. The summed E-state index contributed by atoms with van der Waals surface area (Å²) < 4.78 is 0. The topological polar surface area (TPSA) is 17.1 Å². The highest BCUT2D eigenvalue weighted by Gasteiger charge is 1.94. The van der Waals surface area contributed by atoms with Gasteiger partial charge in [0, 0.05) is 5.56 Å². The van der Waals surface area contributed by atoms with Gasteiger partial charge >= 0.3 is 0 Å². The molecule has 2 radical (unpaired) electrons. The third-order valence-electron chi connectivity index (χ3n) is 1.37. The van der Waals surface area contributed by atoms with Crippen LogP contribution in [-0.2, 0) is 0 Å². The highest BCUT2D eigenvalue weighted by atomic mass is 16.1. The average molecular weight is 132 g/mol. The van der Waals surface area contributed by atoms with Crippen molar-refractivity contribution in [3.05, 3.63) is 41.8 Å². The molecule has 0 bridgehead atoms. The minimum atomic E-state index is 0.542. The van der Waals surface area contributed by atoms with Crippen LogP contribution in [0.5, 0.6) is 0 Å². The number of rotatable bonds is 1. The van der Waals surface area contributed by atoms with E-state index < -0.39 is 0 Å². The van der Waals surface area contributed by atoms with Crippen molar-refractivity contribution in [2.75, 3.05) is 0 Å². The standard InChI is InChI=1S/C9H8O/c1-7-3-4-8(2)9(5-7)6-10/h2-6H,1H3. The third-order valence-corrected chi connectivity index (χ3v) is 1.37. The van der Waals surface area contributed by atoms with Crippen molar-refractivity contribution in [2.24, 2.45) is 0 Å². The predicted molar refractivity (Wildman–Crippen MR) is 40.0 cm³/mol. The molecule has 0 unspecified atom stereocenters. The normalized spacial score (nSPS) is 9.40. The average Bonchev–Trinajstić information content (AvgIpc) is 1.94. The van der Waals surface area contributed by atoms with Gasteiger partial charge in [0.1, 0.15) is 6.29 Å². The number of carbonyl (C=O) groups excluding carboxylic acids is 1. The summed E-state index contributed by atoms with van der Waals surface area (Å²) in [5.41, 5.74) is 2.16. The SMILES string of the molecule is [CH]c1ccc(C)cc1C=O. The molecule has 1 aromatic carbocycles. The summed E-state index contributed by atoms with van der Waals surface area (Å²) in [4.78, 5) is 10.3. The van der Waals surface area contributed by atoms with Crippen LogP contribution in [0.4, 0.5) is 0 Å². The van der Waals surface area contributed by atoms with E-state index in [0.717, 1.165) is 11.8 Å². The monoisotopic (exact) mass is 132 g/mol. The second-order valence-electron chi connectivity index (χ2n) is 2.25. The van der Waals surface area contributed by atoms with Gasteiger partial charge in [0.2, 0.25) is 0 Å². The number of aryl methyl sites for hydroxylation is 1. The Labute approximate surface area is 60.7 Å². The Bertz CT molecular complexity index is 251. The summed E-state index contributed by atoms with van der Waals surface area (Å²) in [7, 11) is 0. The summed E-state index contributed by atoms with van der Waals surface area (Å²) in [5, 5.41) is 0. The molecule has 1 nitrogen and oxygen atoms in total. The Morgan fingerprint density at radius 3 is 2.70 bits per heavy atom. The number of aldehydes is 1. The van der Waals surface area contributed by atoms with Crippen molar-refractivity contribution in [1.82, 2.24) is 0 Å². The summed E-state index contributed by atoms with van der Waals surface area (Å²) in [5.74, 6) is 0. The van der Waals surface area contributed by atoms with Crippen molar-refractivity contribution >= 4 is 6.29 Å². The van der Waals surface area contributed by atoms with E-state index in [0.29, 0.717) is 11.1 Å². The molecular formula is C9H8O. The van der Waals surface area contributed by atoms with Crippen molar-refractivity contribution in [1.29, 1.82) is 0 Å². The first-order chi connectivity index (χ1) is 4.74. The van der Waals surface area contributed by atoms with E-state index in [2.05, 4.69) is 0 Å². The quantitative estimate of drug-likeness (QED) is 0.533. The Balaban J connectivity index is 3.21. The second kappa shape index (κ2) is 2.65. The Morgan fingerprint density at radius 1 is 1.50 bits per heavy atom. The zero-order valence-corrected chi connectivity index (χ0v) is 5.79. The van der Waals surface area contributed by atoms with E-state index in [-0.39, 0.29) is 0 Å². The first kappa shape index (κ1) is 7.00. The molecule has 10 heavy (non-hydrogen) atoms. The summed E-state index contributed by atoms with van der Waals surface area (Å²) in [6, 6.07) is 5.38. The molecule has 0 aliphatic carbocycles. The van der Waals surface area contributed by atoms with Crippen LogP contribution < -0.4 is 0 Å². The van der Waals surface area contributed by atoms with Gasteiger partial charge in [0.15, 0.2) is 0 Å². The summed E-state index contributed by atoms with van der Waals surface area (Å²) in [6.07, 6.45) is 0.766. The third kappa shape index (κ3) is 1.24. The van der Waals surface area contributed by atoms with Gasteiger partial charge < -0.3 is 0 Å². The number of hydrogen-bond acceptors (Lipinski definition) is 1. The summed E-state index contributed by atoms with van der Waals surface area (Å²) >= 11 is 0. The fourth-order valence-electron chi connectivity index (χ4n) is 0.796. The lowest BCUT2D eigenvalue weighted by Crippen LogP contribution is -1.85. The molecule has 0 aliphatic rings. The highest BCUT2D eigenvalue weighted by Crippen LogP contribution is 2.07. The van der Waals surface area contributed by atoms with Gasteiger partial charge in [-0.1, -0.05) is 17.7 Å². The maximum Gasteiger partial charge on any atom is 0.150 e. The van der Waals surface area contributed by atoms with Gasteiger partial charge in [-0.25, -0.2) is 0 Å². The van der Waals surface area contributed by atoms with Crippen molar-refractivity contribution in [3.63, 3.8) is 0 Å². The van der Waals surface area contributed by atoms with Crippen LogP contribution in [0.2, 0.25) is 0 Å². The maximum absolute atomic E-state index is 10.3. The Hall–Kier alpha value is -1.11. The second-order valence-corrected chi connectivity index (χ2v) is 2.25. The summed E-state index contributed by atoms with van der Waals surface area (Å²) in [6.45, 7) is 7.39. The van der Waals surface area contributed by atoms with Crippen LogP contribution in [-0.4, -0.2) is 6.29 Å². The van der Waals surface area contributed by atoms with E-state index in [4.69, 9.17) is 6.92 Å².